The highest BCUT2D eigenvalue weighted by Crippen LogP contribution is 2.12. The van der Waals surface area contributed by atoms with Gasteiger partial charge in [0.15, 0.2) is 5.84 Å². The Kier molecular flexibility index (Phi) is 5.39. The SMILES string of the molecule is N=S1N=C(C(OC(=O)C(Cl)Cl)C(=O)O)N=C1NC=O. The van der Waals surface area contributed by atoms with Gasteiger partial charge < -0.3 is 15.2 Å². The Balaban J connectivity index is 2.93. The third-order valence-corrected chi connectivity index (χ3v) is 2.94. The lowest BCUT2D eigenvalue weighted by molar-refractivity contribution is -0.158. The fourth-order valence-electron chi connectivity index (χ4n) is 0.931. The normalized spacial score (nSPS) is 19.4. The van der Waals surface area contributed by atoms with Gasteiger partial charge in [0.25, 0.3) is 6.10 Å². The standard InChI is InChI=1S/C7H6Cl2N4O5S/c8-3(9)6(17)18-2(5(15)16)4-12-7(11-1-14)19(10)13-4/h1-3,10H,(H,15,16)(H,11,12,13,14). The molecule has 0 spiro atoms. The van der Waals surface area contributed by atoms with Crippen LogP contribution in [0.5, 0.6) is 0 Å². The highest BCUT2D eigenvalue weighted by atomic mass is 35.5. The molecule has 0 aromatic carbocycles. The lowest BCUT2D eigenvalue weighted by atomic mass is 10.3. The minimum absolute atomic E-state index is 0.152. The van der Waals surface area contributed by atoms with Gasteiger partial charge in [0, 0.05) is 0 Å². The predicted molar refractivity (Wildman–Crippen MR) is 67.2 cm³/mol. The minimum atomic E-state index is -1.85. The summed E-state index contributed by atoms with van der Waals surface area (Å²) in [5.41, 5.74) is 0. The summed E-state index contributed by atoms with van der Waals surface area (Å²) >= 11 is 10.4. The van der Waals surface area contributed by atoms with Crippen molar-refractivity contribution in [3.63, 3.8) is 0 Å². The molecule has 1 heterocycles. The van der Waals surface area contributed by atoms with Gasteiger partial charge in [-0.2, -0.15) is 4.40 Å². The maximum absolute atomic E-state index is 11.1. The lowest BCUT2D eigenvalue weighted by Crippen LogP contribution is -2.35. The summed E-state index contributed by atoms with van der Waals surface area (Å²) < 4.78 is 15.5. The molecule has 0 aliphatic carbocycles. The number of nitrogens with zero attached hydrogens (tertiary/aromatic N) is 2. The Morgan fingerprint density at radius 3 is 2.63 bits per heavy atom. The van der Waals surface area contributed by atoms with Gasteiger partial charge in [0.05, 0.1) is 10.9 Å². The topological polar surface area (TPSA) is 141 Å². The van der Waals surface area contributed by atoms with Crippen LogP contribution in [0.15, 0.2) is 9.39 Å². The average Bonchev–Trinajstić information content (AvgIpc) is 2.67. The van der Waals surface area contributed by atoms with Crippen molar-refractivity contribution in [2.45, 2.75) is 10.9 Å². The first-order valence-corrected chi connectivity index (χ1v) is 6.46. The number of carboxylic acid groups (broad SMARTS) is 1. The van der Waals surface area contributed by atoms with E-state index >= 15 is 0 Å². The fraction of sp³-hybridized carbons (Fsp3) is 0.286. The first kappa shape index (κ1) is 15.5. The van der Waals surface area contributed by atoms with Crippen molar-refractivity contribution in [2.75, 3.05) is 0 Å². The van der Waals surface area contributed by atoms with Crippen molar-refractivity contribution in [1.82, 2.24) is 5.32 Å². The number of aliphatic imine (C=N–C) groups is 1. The van der Waals surface area contributed by atoms with Crippen LogP contribution in [0.1, 0.15) is 0 Å². The average molecular weight is 329 g/mol. The number of rotatable bonds is 5. The van der Waals surface area contributed by atoms with Gasteiger partial charge in [0.2, 0.25) is 16.4 Å². The van der Waals surface area contributed by atoms with E-state index in [-0.39, 0.29) is 11.6 Å². The summed E-state index contributed by atoms with van der Waals surface area (Å²) in [5.74, 6) is -3.18. The number of aliphatic carboxylic acids is 1. The number of ether oxygens (including phenoxy) is 1. The molecule has 2 atom stereocenters. The first-order valence-electron chi connectivity index (χ1n) is 4.41. The van der Waals surface area contributed by atoms with Crippen LogP contribution < -0.4 is 5.32 Å². The third-order valence-electron chi connectivity index (χ3n) is 1.64. The maximum atomic E-state index is 11.1. The molecule has 104 valence electrons. The summed E-state index contributed by atoms with van der Waals surface area (Å²) in [6.45, 7) is 0. The molecule has 0 aromatic rings. The van der Waals surface area contributed by atoms with E-state index < -0.39 is 39.6 Å². The number of hydrogen-bond donors (Lipinski definition) is 3. The van der Waals surface area contributed by atoms with Crippen LogP contribution in [-0.2, 0) is 30.0 Å². The largest absolute Gasteiger partial charge is 0.478 e. The van der Waals surface area contributed by atoms with Crippen LogP contribution in [0.25, 0.3) is 0 Å². The number of hydrogen-bond acceptors (Lipinski definition) is 6. The van der Waals surface area contributed by atoms with E-state index in [2.05, 4.69) is 19.4 Å². The summed E-state index contributed by atoms with van der Waals surface area (Å²) in [7, 11) is -1.58. The van der Waals surface area contributed by atoms with Crippen LogP contribution in [0.3, 0.4) is 0 Å². The van der Waals surface area contributed by atoms with Crippen LogP contribution in [0.2, 0.25) is 0 Å². The number of amidine groups is 2. The Hall–Kier alpha value is -1.52. The zero-order chi connectivity index (χ0) is 14.6. The van der Waals surface area contributed by atoms with Crippen molar-refractivity contribution < 1.29 is 24.2 Å². The molecular formula is C7H6Cl2N4O5S. The molecule has 9 nitrogen and oxygen atoms in total. The van der Waals surface area contributed by atoms with E-state index in [0.29, 0.717) is 0 Å². The molecule has 3 N–H and O–H groups in total. The molecule has 1 rings (SSSR count). The molecule has 0 saturated heterocycles. The number of amides is 1. The molecule has 1 amide bonds. The smallest absolute Gasteiger partial charge is 0.353 e. The van der Waals surface area contributed by atoms with E-state index in [4.69, 9.17) is 33.1 Å². The number of nitrogens with one attached hydrogen (secondary N) is 2. The number of alkyl halides is 2. The van der Waals surface area contributed by atoms with E-state index in [9.17, 15) is 14.4 Å². The second-order valence-corrected chi connectivity index (χ2v) is 5.10. The Bertz CT molecular complexity index is 506. The predicted octanol–water partition coefficient (Wildman–Crippen LogP) is -0.404. The van der Waals surface area contributed by atoms with Crippen LogP contribution in [0, 0.1) is 4.78 Å². The molecule has 1 aliphatic rings. The van der Waals surface area contributed by atoms with E-state index in [0.717, 1.165) is 0 Å². The van der Waals surface area contributed by atoms with Gasteiger partial charge in [-0.3, -0.25) is 9.57 Å². The molecule has 0 bridgehead atoms. The summed E-state index contributed by atoms with van der Waals surface area (Å²) in [4.78, 5) is 34.4. The van der Waals surface area contributed by atoms with Crippen molar-refractivity contribution in [3.8, 4) is 0 Å². The van der Waals surface area contributed by atoms with Gasteiger partial charge >= 0.3 is 11.9 Å². The molecule has 1 aliphatic heterocycles. The molecule has 0 saturated carbocycles. The van der Waals surface area contributed by atoms with Gasteiger partial charge in [-0.15, -0.1) is 0 Å². The summed E-state index contributed by atoms with van der Waals surface area (Å²) in [6.07, 6.45) is -1.58. The molecule has 12 heteroatoms. The maximum Gasteiger partial charge on any atom is 0.353 e. The van der Waals surface area contributed by atoms with Crippen LogP contribution >= 0.6 is 23.2 Å². The zero-order valence-corrected chi connectivity index (χ0v) is 11.2. The molecule has 2 unspecified atom stereocenters. The number of carbonyl (C=O) groups is 3. The summed E-state index contributed by atoms with van der Waals surface area (Å²) in [5, 5.41) is 10.8. The van der Waals surface area contributed by atoms with Gasteiger partial charge in [0.1, 0.15) is 0 Å². The second kappa shape index (κ2) is 6.59. The molecule has 0 aromatic heterocycles. The monoisotopic (exact) mass is 328 g/mol. The number of esters is 1. The lowest BCUT2D eigenvalue weighted by Gasteiger charge is -2.11. The summed E-state index contributed by atoms with van der Waals surface area (Å²) in [6, 6.07) is 0. The molecule has 19 heavy (non-hydrogen) atoms. The molecular weight excluding hydrogens is 323 g/mol. The zero-order valence-electron chi connectivity index (χ0n) is 8.87. The Labute approximate surface area is 118 Å². The van der Waals surface area contributed by atoms with Crippen molar-refractivity contribution in [1.29, 1.82) is 4.78 Å². The number of halogens is 2. The van der Waals surface area contributed by atoms with Gasteiger partial charge in [-0.05, 0) is 0 Å². The molecule has 0 fully saturated rings. The Morgan fingerprint density at radius 1 is 1.53 bits per heavy atom. The quantitative estimate of drug-likeness (QED) is 0.357. The van der Waals surface area contributed by atoms with Gasteiger partial charge in [-0.1, -0.05) is 23.2 Å². The fourth-order valence-corrected chi connectivity index (χ4v) is 1.78. The van der Waals surface area contributed by atoms with E-state index in [1.165, 1.54) is 0 Å². The molecule has 0 radical (unpaired) electrons. The number of carboxylic acids is 1. The highest BCUT2D eigenvalue weighted by molar-refractivity contribution is 8.00. The Morgan fingerprint density at radius 2 is 2.16 bits per heavy atom. The van der Waals surface area contributed by atoms with Crippen molar-refractivity contribution in [3.05, 3.63) is 0 Å². The number of carbonyl (C=O) groups excluding carboxylic acids is 2. The third kappa shape index (κ3) is 3.98. The highest BCUT2D eigenvalue weighted by Gasteiger charge is 2.33. The minimum Gasteiger partial charge on any atom is -0.478 e. The van der Waals surface area contributed by atoms with Crippen LogP contribution in [-0.4, -0.2) is 45.4 Å². The second-order valence-electron chi connectivity index (χ2n) is 2.87. The van der Waals surface area contributed by atoms with Crippen LogP contribution in [0.4, 0.5) is 0 Å². The first-order chi connectivity index (χ1) is 8.86. The van der Waals surface area contributed by atoms with E-state index in [1.54, 1.807) is 0 Å². The van der Waals surface area contributed by atoms with E-state index in [1.807, 2.05) is 0 Å². The van der Waals surface area contributed by atoms with Crippen molar-refractivity contribution >= 4 is 63.4 Å². The van der Waals surface area contributed by atoms with Gasteiger partial charge in [-0.25, -0.2) is 14.6 Å². The van der Waals surface area contributed by atoms with Crippen molar-refractivity contribution in [2.24, 2.45) is 9.39 Å².